The molecule has 83 valence electrons. The molecule has 1 aromatic carbocycles. The van der Waals surface area contributed by atoms with E-state index in [1.54, 1.807) is 6.92 Å². The maximum absolute atomic E-state index is 11.3. The quantitative estimate of drug-likeness (QED) is 0.597. The molecule has 0 fully saturated rings. The van der Waals surface area contributed by atoms with Crippen LogP contribution < -0.4 is 5.32 Å². The van der Waals surface area contributed by atoms with Crippen LogP contribution in [0.4, 0.5) is 0 Å². The lowest BCUT2D eigenvalue weighted by atomic mass is 10.1. The molecule has 0 aromatic heterocycles. The summed E-state index contributed by atoms with van der Waals surface area (Å²) in [5.41, 5.74) is 0.630. The zero-order chi connectivity index (χ0) is 12.0. The third kappa shape index (κ3) is 2.91. The van der Waals surface area contributed by atoms with Crippen LogP contribution in [-0.2, 0) is 9.53 Å². The molecule has 0 spiro atoms. The first kappa shape index (κ1) is 11.9. The molecular formula is C11H10NO4. The number of esters is 1. The Morgan fingerprint density at radius 3 is 2.31 bits per heavy atom. The van der Waals surface area contributed by atoms with Gasteiger partial charge in [-0.2, -0.15) is 0 Å². The highest BCUT2D eigenvalue weighted by Crippen LogP contribution is 2.05. The lowest BCUT2D eigenvalue weighted by molar-refractivity contribution is 0.0526. The standard InChI is InChI=1S/C11H10NO4/c1-2-16-11(15)9-5-3-8(4-6-9)10(14)12-7-13/h3-6H,2H2,1H3,(H,12,13,14). The van der Waals surface area contributed by atoms with Crippen LogP contribution in [0.15, 0.2) is 24.3 Å². The molecule has 1 radical (unpaired) electrons. The fraction of sp³-hybridized carbons (Fsp3) is 0.182. The Morgan fingerprint density at radius 1 is 1.25 bits per heavy atom. The molecule has 0 aliphatic heterocycles. The monoisotopic (exact) mass is 220 g/mol. The molecule has 1 aromatic rings. The molecule has 0 heterocycles. The zero-order valence-electron chi connectivity index (χ0n) is 8.65. The molecule has 0 atom stereocenters. The van der Waals surface area contributed by atoms with Crippen LogP contribution in [0, 0.1) is 0 Å². The largest absolute Gasteiger partial charge is 0.462 e. The number of carbonyl (C=O) groups is 2. The summed E-state index contributed by atoms with van der Waals surface area (Å²) in [7, 11) is 0. The van der Waals surface area contributed by atoms with Crippen molar-refractivity contribution in [3.8, 4) is 0 Å². The summed E-state index contributed by atoms with van der Waals surface area (Å²) in [4.78, 5) is 32.3. The summed E-state index contributed by atoms with van der Waals surface area (Å²) in [5.74, 6) is -1.01. The highest BCUT2D eigenvalue weighted by atomic mass is 16.5. The first-order valence-electron chi connectivity index (χ1n) is 4.63. The number of ether oxygens (including phenoxy) is 1. The molecule has 5 nitrogen and oxygen atoms in total. The third-order valence-corrected chi connectivity index (χ3v) is 1.82. The summed E-state index contributed by atoms with van der Waals surface area (Å²) >= 11 is 0. The van der Waals surface area contributed by atoms with Crippen LogP contribution in [0.25, 0.3) is 0 Å². The maximum Gasteiger partial charge on any atom is 0.338 e. The summed E-state index contributed by atoms with van der Waals surface area (Å²) < 4.78 is 4.77. The minimum absolute atomic E-state index is 0.274. The Morgan fingerprint density at radius 2 is 1.81 bits per heavy atom. The molecule has 0 unspecified atom stereocenters. The molecule has 0 bridgehead atoms. The number of hydrogen-bond acceptors (Lipinski definition) is 4. The van der Waals surface area contributed by atoms with Crippen molar-refractivity contribution in [2.75, 3.05) is 6.61 Å². The number of amides is 2. The molecule has 5 heteroatoms. The first-order chi connectivity index (χ1) is 7.69. The Labute approximate surface area is 92.4 Å². The molecular weight excluding hydrogens is 210 g/mol. The van der Waals surface area contributed by atoms with Crippen molar-refractivity contribution in [2.24, 2.45) is 0 Å². The van der Waals surface area contributed by atoms with Crippen molar-refractivity contribution >= 4 is 18.3 Å². The molecule has 0 aliphatic carbocycles. The van der Waals surface area contributed by atoms with Gasteiger partial charge in [0.2, 0.25) is 0 Å². The number of carbonyl (C=O) groups excluding carboxylic acids is 3. The van der Waals surface area contributed by atoms with Crippen LogP contribution in [0.2, 0.25) is 0 Å². The number of hydrogen-bond donors (Lipinski definition) is 1. The van der Waals surface area contributed by atoms with E-state index in [1.807, 2.05) is 5.32 Å². The highest BCUT2D eigenvalue weighted by molar-refractivity contribution is 6.00. The fourth-order valence-corrected chi connectivity index (χ4v) is 1.09. The Kier molecular flexibility index (Phi) is 4.20. The van der Waals surface area contributed by atoms with Crippen LogP contribution in [0.5, 0.6) is 0 Å². The minimum Gasteiger partial charge on any atom is -0.462 e. The van der Waals surface area contributed by atoms with E-state index in [0.29, 0.717) is 12.2 Å². The molecule has 0 aliphatic rings. The lowest BCUT2D eigenvalue weighted by Gasteiger charge is -2.02. The van der Waals surface area contributed by atoms with Gasteiger partial charge in [0.05, 0.1) is 12.2 Å². The predicted octanol–water partition coefficient (Wildman–Crippen LogP) is 0.660. The van der Waals surface area contributed by atoms with Crippen LogP contribution in [0.3, 0.4) is 0 Å². The predicted molar refractivity (Wildman–Crippen MR) is 55.6 cm³/mol. The van der Waals surface area contributed by atoms with E-state index in [0.717, 1.165) is 0 Å². The van der Waals surface area contributed by atoms with E-state index in [-0.39, 0.29) is 5.56 Å². The van der Waals surface area contributed by atoms with Gasteiger partial charge in [-0.05, 0) is 31.2 Å². The highest BCUT2D eigenvalue weighted by Gasteiger charge is 2.08. The van der Waals surface area contributed by atoms with Gasteiger partial charge in [-0.1, -0.05) is 0 Å². The fourth-order valence-electron chi connectivity index (χ4n) is 1.09. The number of imide groups is 1. The second-order valence-electron chi connectivity index (χ2n) is 2.85. The van der Waals surface area contributed by atoms with Crippen molar-refractivity contribution in [2.45, 2.75) is 6.92 Å². The molecule has 2 amide bonds. The lowest BCUT2D eigenvalue weighted by Crippen LogP contribution is -2.21. The number of nitrogens with one attached hydrogen (secondary N) is 1. The van der Waals surface area contributed by atoms with Crippen LogP contribution in [-0.4, -0.2) is 24.9 Å². The SMILES string of the molecule is CCOC(=O)c1ccc(C(=O)N[C]=O)cc1. The number of benzene rings is 1. The summed E-state index contributed by atoms with van der Waals surface area (Å²) in [5, 5.41) is 1.87. The normalized spacial score (nSPS) is 9.31. The molecule has 16 heavy (non-hydrogen) atoms. The van der Waals surface area contributed by atoms with E-state index < -0.39 is 11.9 Å². The molecule has 0 saturated carbocycles. The average Bonchev–Trinajstić information content (AvgIpc) is 2.30. The topological polar surface area (TPSA) is 72.5 Å². The van der Waals surface area contributed by atoms with Gasteiger partial charge in [0.25, 0.3) is 5.91 Å². The summed E-state index contributed by atoms with van der Waals surface area (Å²) in [6.45, 7) is 2.00. The molecule has 1 rings (SSSR count). The summed E-state index contributed by atoms with van der Waals surface area (Å²) in [6.07, 6.45) is 1.28. The number of rotatable bonds is 4. The van der Waals surface area contributed by atoms with Gasteiger partial charge < -0.3 is 4.74 Å². The Bertz CT molecular complexity index is 397. The van der Waals surface area contributed by atoms with Gasteiger partial charge in [-0.15, -0.1) is 0 Å². The smallest absolute Gasteiger partial charge is 0.338 e. The van der Waals surface area contributed by atoms with Gasteiger partial charge >= 0.3 is 12.4 Å². The van der Waals surface area contributed by atoms with E-state index >= 15 is 0 Å². The van der Waals surface area contributed by atoms with E-state index in [4.69, 9.17) is 4.74 Å². The van der Waals surface area contributed by atoms with E-state index in [9.17, 15) is 14.4 Å². The van der Waals surface area contributed by atoms with Gasteiger partial charge in [-0.25, -0.2) is 4.79 Å². The van der Waals surface area contributed by atoms with Gasteiger partial charge in [-0.3, -0.25) is 14.9 Å². The van der Waals surface area contributed by atoms with Crippen LogP contribution >= 0.6 is 0 Å². The minimum atomic E-state index is -0.564. The van der Waals surface area contributed by atoms with Gasteiger partial charge in [0.15, 0.2) is 0 Å². The van der Waals surface area contributed by atoms with Gasteiger partial charge in [0.1, 0.15) is 0 Å². The molecule has 1 N–H and O–H groups in total. The van der Waals surface area contributed by atoms with E-state index in [1.165, 1.54) is 30.7 Å². The Hall–Kier alpha value is -2.17. The van der Waals surface area contributed by atoms with Crippen molar-refractivity contribution in [3.05, 3.63) is 35.4 Å². The molecule has 0 saturated heterocycles. The second-order valence-corrected chi connectivity index (χ2v) is 2.85. The van der Waals surface area contributed by atoms with Crippen molar-refractivity contribution in [1.82, 2.24) is 5.32 Å². The average molecular weight is 220 g/mol. The Balaban J connectivity index is 2.78. The summed E-state index contributed by atoms with van der Waals surface area (Å²) in [6, 6.07) is 5.77. The van der Waals surface area contributed by atoms with Crippen molar-refractivity contribution in [3.63, 3.8) is 0 Å². The van der Waals surface area contributed by atoms with E-state index in [2.05, 4.69) is 0 Å². The third-order valence-electron chi connectivity index (χ3n) is 1.82. The van der Waals surface area contributed by atoms with Crippen molar-refractivity contribution < 1.29 is 19.1 Å². The van der Waals surface area contributed by atoms with Gasteiger partial charge in [0, 0.05) is 5.56 Å². The second kappa shape index (κ2) is 5.65. The first-order valence-corrected chi connectivity index (χ1v) is 4.63. The maximum atomic E-state index is 11.3. The zero-order valence-corrected chi connectivity index (χ0v) is 8.65. The van der Waals surface area contributed by atoms with Crippen molar-refractivity contribution in [1.29, 1.82) is 0 Å². The van der Waals surface area contributed by atoms with Crippen LogP contribution in [0.1, 0.15) is 27.6 Å².